The van der Waals surface area contributed by atoms with Crippen molar-refractivity contribution >= 4 is 11.9 Å². The molecular formula is C27H25NO3. The third-order valence-corrected chi connectivity index (χ3v) is 6.72. The lowest BCUT2D eigenvalue weighted by Crippen LogP contribution is -2.31. The molecule has 3 aromatic rings. The van der Waals surface area contributed by atoms with Crippen molar-refractivity contribution in [3.05, 3.63) is 107 Å². The molecule has 3 atom stereocenters. The number of rotatable bonds is 4. The van der Waals surface area contributed by atoms with Crippen LogP contribution >= 0.6 is 0 Å². The van der Waals surface area contributed by atoms with Gasteiger partial charge in [-0.25, -0.2) is 4.79 Å². The minimum Gasteiger partial charge on any atom is -0.465 e. The van der Waals surface area contributed by atoms with Gasteiger partial charge in [0.25, 0.3) is 0 Å². The van der Waals surface area contributed by atoms with Crippen LogP contribution in [0.25, 0.3) is 0 Å². The maximum absolute atomic E-state index is 13.4. The molecular weight excluding hydrogens is 386 g/mol. The molecule has 31 heavy (non-hydrogen) atoms. The van der Waals surface area contributed by atoms with Crippen molar-refractivity contribution in [2.75, 3.05) is 13.7 Å². The number of fused-ring (bicyclic) bond motifs is 2. The summed E-state index contributed by atoms with van der Waals surface area (Å²) in [7, 11) is 1.41. The maximum atomic E-state index is 13.4. The van der Waals surface area contributed by atoms with Gasteiger partial charge in [-0.15, -0.1) is 0 Å². The zero-order valence-electron chi connectivity index (χ0n) is 17.5. The molecule has 5 rings (SSSR count). The number of benzene rings is 3. The Hall–Kier alpha value is -3.40. The average Bonchev–Trinajstić information content (AvgIpc) is 3.12. The number of methoxy groups -OCH3 is 1. The largest absolute Gasteiger partial charge is 0.465 e. The molecule has 0 spiro atoms. The molecule has 3 aromatic carbocycles. The third-order valence-electron chi connectivity index (χ3n) is 6.72. The summed E-state index contributed by atoms with van der Waals surface area (Å²) in [6.45, 7) is 1.36. The summed E-state index contributed by atoms with van der Waals surface area (Å²) < 4.78 is 4.95. The van der Waals surface area contributed by atoms with Crippen LogP contribution in [-0.4, -0.2) is 30.4 Å². The first-order valence-electron chi connectivity index (χ1n) is 10.7. The first-order valence-corrected chi connectivity index (χ1v) is 10.7. The lowest BCUT2D eigenvalue weighted by atomic mass is 9.67. The highest BCUT2D eigenvalue weighted by molar-refractivity contribution is 5.90. The second kappa shape index (κ2) is 8.03. The van der Waals surface area contributed by atoms with E-state index in [4.69, 9.17) is 4.74 Å². The molecule has 0 saturated carbocycles. The van der Waals surface area contributed by atoms with Gasteiger partial charge in [0.05, 0.1) is 12.7 Å². The zero-order chi connectivity index (χ0) is 21.4. The fourth-order valence-corrected chi connectivity index (χ4v) is 5.28. The van der Waals surface area contributed by atoms with Crippen LogP contribution in [0.4, 0.5) is 0 Å². The predicted molar refractivity (Wildman–Crippen MR) is 119 cm³/mol. The van der Waals surface area contributed by atoms with Gasteiger partial charge in [-0.3, -0.25) is 4.79 Å². The predicted octanol–water partition coefficient (Wildman–Crippen LogP) is 4.44. The molecule has 156 valence electrons. The van der Waals surface area contributed by atoms with Crippen LogP contribution in [0.3, 0.4) is 0 Å². The van der Waals surface area contributed by atoms with Crippen LogP contribution in [0.1, 0.15) is 38.5 Å². The minimum atomic E-state index is -0.329. The number of amides is 1. The molecule has 1 heterocycles. The molecule has 1 aliphatic carbocycles. The van der Waals surface area contributed by atoms with Gasteiger partial charge in [-0.05, 0) is 46.7 Å². The van der Waals surface area contributed by atoms with E-state index < -0.39 is 0 Å². The van der Waals surface area contributed by atoms with Crippen molar-refractivity contribution in [2.24, 2.45) is 11.8 Å². The van der Waals surface area contributed by atoms with Gasteiger partial charge in [0.2, 0.25) is 5.91 Å². The van der Waals surface area contributed by atoms with Crippen LogP contribution in [0.5, 0.6) is 0 Å². The summed E-state index contributed by atoms with van der Waals surface area (Å²) in [6.07, 6.45) is 0.717. The quantitative estimate of drug-likeness (QED) is 0.597. The van der Waals surface area contributed by atoms with E-state index in [1.54, 1.807) is 0 Å². The van der Waals surface area contributed by atoms with E-state index in [9.17, 15) is 9.59 Å². The van der Waals surface area contributed by atoms with Gasteiger partial charge < -0.3 is 9.64 Å². The Kier molecular flexibility index (Phi) is 5.06. The van der Waals surface area contributed by atoms with Crippen molar-refractivity contribution < 1.29 is 14.3 Å². The average molecular weight is 412 g/mol. The van der Waals surface area contributed by atoms with E-state index in [1.165, 1.54) is 12.7 Å². The van der Waals surface area contributed by atoms with Gasteiger partial charge in [-0.2, -0.15) is 0 Å². The minimum absolute atomic E-state index is 0.0367. The molecule has 2 aliphatic rings. The van der Waals surface area contributed by atoms with Crippen molar-refractivity contribution in [3.8, 4) is 0 Å². The Morgan fingerprint density at radius 3 is 2.42 bits per heavy atom. The number of esters is 1. The lowest BCUT2D eigenvalue weighted by Gasteiger charge is -2.34. The maximum Gasteiger partial charge on any atom is 0.337 e. The van der Waals surface area contributed by atoms with E-state index in [0.717, 1.165) is 29.7 Å². The molecule has 0 N–H and O–H groups in total. The van der Waals surface area contributed by atoms with Crippen molar-refractivity contribution in [1.29, 1.82) is 0 Å². The normalized spacial score (nSPS) is 22.0. The highest BCUT2D eigenvalue weighted by Gasteiger charge is 2.48. The van der Waals surface area contributed by atoms with Gasteiger partial charge >= 0.3 is 5.97 Å². The Bertz CT molecular complexity index is 1110. The number of likely N-dealkylation sites (tertiary alicyclic amines) is 1. The van der Waals surface area contributed by atoms with Crippen molar-refractivity contribution in [3.63, 3.8) is 0 Å². The fraction of sp³-hybridized carbons (Fsp3) is 0.259. The Morgan fingerprint density at radius 2 is 1.71 bits per heavy atom. The summed E-state index contributed by atoms with van der Waals surface area (Å²) >= 11 is 0. The van der Waals surface area contributed by atoms with E-state index in [1.807, 2.05) is 59.5 Å². The van der Waals surface area contributed by atoms with Gasteiger partial charge in [0.1, 0.15) is 0 Å². The van der Waals surface area contributed by atoms with Gasteiger partial charge in [0.15, 0.2) is 0 Å². The van der Waals surface area contributed by atoms with E-state index in [-0.39, 0.29) is 29.6 Å². The SMILES string of the molecule is COC(=O)c1ccc2c(c1)C(c1ccccc1)C1CN(Cc3ccccc3)C(=O)C1C2. The topological polar surface area (TPSA) is 46.6 Å². The standard InChI is InChI=1S/C27H25NO3/c1-31-27(30)21-13-12-20-14-23-24(25(22(20)15-21)19-10-6-3-7-11-19)17-28(26(23)29)16-18-8-4-2-5-9-18/h2-13,15,23-25H,14,16-17H2,1H3. The van der Waals surface area contributed by atoms with Crippen LogP contribution in [0.15, 0.2) is 78.9 Å². The van der Waals surface area contributed by atoms with Crippen LogP contribution in [-0.2, 0) is 22.5 Å². The molecule has 1 amide bonds. The lowest BCUT2D eigenvalue weighted by molar-refractivity contribution is -0.131. The first-order chi connectivity index (χ1) is 15.2. The molecule has 4 nitrogen and oxygen atoms in total. The number of nitrogens with zero attached hydrogens (tertiary/aromatic N) is 1. The smallest absolute Gasteiger partial charge is 0.337 e. The third kappa shape index (κ3) is 3.52. The Balaban J connectivity index is 1.55. The molecule has 1 aliphatic heterocycles. The van der Waals surface area contributed by atoms with Crippen LogP contribution in [0.2, 0.25) is 0 Å². The molecule has 1 fully saturated rings. The zero-order valence-corrected chi connectivity index (χ0v) is 17.5. The van der Waals surface area contributed by atoms with Crippen molar-refractivity contribution in [2.45, 2.75) is 18.9 Å². The number of carbonyl (C=O) groups excluding carboxylic acids is 2. The Morgan fingerprint density at radius 1 is 1.00 bits per heavy atom. The highest BCUT2D eigenvalue weighted by atomic mass is 16.5. The number of hydrogen-bond acceptors (Lipinski definition) is 3. The van der Waals surface area contributed by atoms with E-state index in [2.05, 4.69) is 24.3 Å². The van der Waals surface area contributed by atoms with Crippen molar-refractivity contribution in [1.82, 2.24) is 4.90 Å². The summed E-state index contributed by atoms with van der Waals surface area (Å²) in [6, 6.07) is 26.3. The second-order valence-electron chi connectivity index (χ2n) is 8.47. The summed E-state index contributed by atoms with van der Waals surface area (Å²) in [5.74, 6) is 0.121. The summed E-state index contributed by atoms with van der Waals surface area (Å²) in [4.78, 5) is 27.6. The number of ether oxygens (including phenoxy) is 1. The number of carbonyl (C=O) groups is 2. The van der Waals surface area contributed by atoms with E-state index >= 15 is 0 Å². The van der Waals surface area contributed by atoms with Crippen LogP contribution < -0.4 is 0 Å². The molecule has 3 unspecified atom stereocenters. The van der Waals surface area contributed by atoms with Gasteiger partial charge in [-0.1, -0.05) is 66.7 Å². The van der Waals surface area contributed by atoms with Crippen LogP contribution in [0, 0.1) is 11.8 Å². The fourth-order valence-electron chi connectivity index (χ4n) is 5.28. The summed E-state index contributed by atoms with van der Waals surface area (Å²) in [5, 5.41) is 0. The summed E-state index contributed by atoms with van der Waals surface area (Å²) in [5.41, 5.74) is 5.19. The number of hydrogen-bond donors (Lipinski definition) is 0. The molecule has 1 saturated heterocycles. The molecule has 0 bridgehead atoms. The Labute approximate surface area is 182 Å². The highest BCUT2D eigenvalue weighted by Crippen LogP contribution is 2.48. The van der Waals surface area contributed by atoms with E-state index in [0.29, 0.717) is 12.1 Å². The van der Waals surface area contributed by atoms with Gasteiger partial charge in [0, 0.05) is 24.9 Å². The monoisotopic (exact) mass is 411 g/mol. The first kappa shape index (κ1) is 19.6. The second-order valence-corrected chi connectivity index (χ2v) is 8.47. The molecule has 0 aromatic heterocycles. The molecule has 4 heteroatoms. The molecule has 0 radical (unpaired) electrons.